The molecule has 0 bridgehead atoms. The van der Waals surface area contributed by atoms with Crippen molar-refractivity contribution in [2.24, 2.45) is 0 Å². The predicted octanol–water partition coefficient (Wildman–Crippen LogP) is 4.50. The van der Waals surface area contributed by atoms with E-state index >= 15 is 0 Å². The maximum Gasteiger partial charge on any atom is 0.0659 e. The number of hydrogen-bond donors (Lipinski definition) is 1. The van der Waals surface area contributed by atoms with Gasteiger partial charge in [-0.2, -0.15) is 0 Å². The van der Waals surface area contributed by atoms with Crippen molar-refractivity contribution in [2.75, 3.05) is 0 Å². The molecular weight excluding hydrogens is 367 g/mol. The van der Waals surface area contributed by atoms with E-state index in [1.807, 2.05) is 11.3 Å². The summed E-state index contributed by atoms with van der Waals surface area (Å²) in [6, 6.07) is 4.29. The third-order valence-corrected chi connectivity index (χ3v) is 6.55. The first kappa shape index (κ1) is 14.3. The maximum absolute atomic E-state index is 3.86. The first-order chi connectivity index (χ1) is 9.15. The number of rotatable bonds is 2. The van der Waals surface area contributed by atoms with Crippen molar-refractivity contribution in [1.29, 1.82) is 0 Å². The lowest BCUT2D eigenvalue weighted by molar-refractivity contribution is 0.0262. The van der Waals surface area contributed by atoms with Crippen molar-refractivity contribution >= 4 is 33.9 Å². The van der Waals surface area contributed by atoms with Crippen LogP contribution >= 0.6 is 33.9 Å². The highest BCUT2D eigenvalue weighted by atomic mass is 127. The Balaban J connectivity index is 1.76. The van der Waals surface area contributed by atoms with Crippen LogP contribution in [0, 0.1) is 2.88 Å². The standard InChI is InChI=1S/C15H23IN2S/c1-10-5-3-6-11(2)18(10)17-13-7-4-8-14-12(13)9-15(16)19-14/h9-11,13,17H,3-8H2,1-2H3. The molecule has 2 aliphatic rings. The summed E-state index contributed by atoms with van der Waals surface area (Å²) in [5.74, 6) is 0. The third kappa shape index (κ3) is 3.01. The average molecular weight is 390 g/mol. The smallest absolute Gasteiger partial charge is 0.0659 e. The summed E-state index contributed by atoms with van der Waals surface area (Å²) in [5, 5.41) is 2.54. The van der Waals surface area contributed by atoms with E-state index < -0.39 is 0 Å². The van der Waals surface area contributed by atoms with E-state index in [1.165, 1.54) is 41.4 Å². The Morgan fingerprint density at radius 3 is 2.68 bits per heavy atom. The summed E-state index contributed by atoms with van der Waals surface area (Å²) < 4.78 is 1.44. The van der Waals surface area contributed by atoms with Crippen LogP contribution in [0.15, 0.2) is 6.07 Å². The zero-order valence-corrected chi connectivity index (χ0v) is 14.8. The number of piperidine rings is 1. The number of halogens is 1. The summed E-state index contributed by atoms with van der Waals surface area (Å²) in [5.41, 5.74) is 5.44. The molecule has 0 spiro atoms. The molecule has 1 aliphatic carbocycles. The zero-order chi connectivity index (χ0) is 13.4. The van der Waals surface area contributed by atoms with Gasteiger partial charge in [0, 0.05) is 23.0 Å². The van der Waals surface area contributed by atoms with Gasteiger partial charge in [0.05, 0.1) is 2.88 Å². The molecule has 0 radical (unpaired) electrons. The summed E-state index contributed by atoms with van der Waals surface area (Å²) >= 11 is 4.45. The molecule has 3 unspecified atom stereocenters. The molecule has 0 amide bonds. The van der Waals surface area contributed by atoms with Crippen LogP contribution in [0.5, 0.6) is 0 Å². The second kappa shape index (κ2) is 6.00. The van der Waals surface area contributed by atoms with E-state index in [1.54, 1.807) is 10.4 Å². The fraction of sp³-hybridized carbons (Fsp3) is 0.733. The molecule has 2 heterocycles. The van der Waals surface area contributed by atoms with Crippen molar-refractivity contribution in [2.45, 2.75) is 70.5 Å². The lowest BCUT2D eigenvalue weighted by atomic mass is 9.94. The number of nitrogens with zero attached hydrogens (tertiary/aromatic N) is 1. The Morgan fingerprint density at radius 2 is 1.95 bits per heavy atom. The number of hydrogen-bond acceptors (Lipinski definition) is 3. The number of nitrogens with one attached hydrogen (secondary N) is 1. The number of fused-ring (bicyclic) bond motifs is 1. The van der Waals surface area contributed by atoms with Crippen LogP contribution in [0.2, 0.25) is 0 Å². The fourth-order valence-corrected chi connectivity index (χ4v) is 5.63. The topological polar surface area (TPSA) is 15.3 Å². The Bertz CT molecular complexity index is 435. The molecule has 1 aromatic heterocycles. The Labute approximate surface area is 134 Å². The summed E-state index contributed by atoms with van der Waals surface area (Å²) in [7, 11) is 0. The number of hydrazine groups is 1. The van der Waals surface area contributed by atoms with E-state index in [4.69, 9.17) is 0 Å². The van der Waals surface area contributed by atoms with Gasteiger partial charge in [-0.3, -0.25) is 0 Å². The molecule has 1 N–H and O–H groups in total. The molecule has 3 rings (SSSR count). The Hall–Kier alpha value is 0.350. The lowest BCUT2D eigenvalue weighted by Crippen LogP contribution is -2.53. The first-order valence-corrected chi connectivity index (χ1v) is 9.37. The second-order valence-corrected chi connectivity index (χ2v) is 9.07. The minimum atomic E-state index is 0.548. The van der Waals surface area contributed by atoms with Crippen molar-refractivity contribution in [3.05, 3.63) is 19.4 Å². The SMILES string of the molecule is CC1CCCC(C)N1NC1CCCc2sc(I)cc21. The van der Waals surface area contributed by atoms with E-state index in [0.29, 0.717) is 18.1 Å². The van der Waals surface area contributed by atoms with Gasteiger partial charge in [0.1, 0.15) is 0 Å². The first-order valence-electron chi connectivity index (χ1n) is 7.47. The van der Waals surface area contributed by atoms with Gasteiger partial charge in [-0.1, -0.05) is 6.42 Å². The van der Waals surface area contributed by atoms with Crippen LogP contribution in [0.25, 0.3) is 0 Å². The Kier molecular flexibility index (Phi) is 4.51. The molecule has 4 heteroatoms. The highest BCUT2D eigenvalue weighted by molar-refractivity contribution is 14.1. The van der Waals surface area contributed by atoms with Gasteiger partial charge in [0.15, 0.2) is 0 Å². The summed E-state index contributed by atoms with van der Waals surface area (Å²) in [6.45, 7) is 4.73. The van der Waals surface area contributed by atoms with Gasteiger partial charge in [-0.05, 0) is 80.2 Å². The summed E-state index contributed by atoms with van der Waals surface area (Å²) in [4.78, 5) is 1.62. The van der Waals surface area contributed by atoms with Crippen molar-refractivity contribution in [1.82, 2.24) is 10.4 Å². The molecule has 2 nitrogen and oxygen atoms in total. The quantitative estimate of drug-likeness (QED) is 0.749. The lowest BCUT2D eigenvalue weighted by Gasteiger charge is -2.42. The average Bonchev–Trinajstić information content (AvgIpc) is 2.75. The van der Waals surface area contributed by atoms with Crippen LogP contribution in [0.3, 0.4) is 0 Å². The minimum absolute atomic E-state index is 0.548. The van der Waals surface area contributed by atoms with Gasteiger partial charge < -0.3 is 0 Å². The molecule has 1 aliphatic heterocycles. The van der Waals surface area contributed by atoms with Crippen molar-refractivity contribution < 1.29 is 0 Å². The van der Waals surface area contributed by atoms with Crippen LogP contribution in [0.1, 0.15) is 62.4 Å². The molecular formula is C15H23IN2S. The van der Waals surface area contributed by atoms with E-state index in [9.17, 15) is 0 Å². The highest BCUT2D eigenvalue weighted by Gasteiger charge is 2.29. The molecule has 0 aromatic carbocycles. The van der Waals surface area contributed by atoms with Crippen molar-refractivity contribution in [3.8, 4) is 0 Å². The molecule has 106 valence electrons. The van der Waals surface area contributed by atoms with Crippen LogP contribution < -0.4 is 5.43 Å². The predicted molar refractivity (Wildman–Crippen MR) is 90.5 cm³/mol. The van der Waals surface area contributed by atoms with Crippen LogP contribution in [0.4, 0.5) is 0 Å². The maximum atomic E-state index is 3.86. The Morgan fingerprint density at radius 1 is 1.21 bits per heavy atom. The second-order valence-electron chi connectivity index (χ2n) is 6.04. The normalized spacial score (nSPS) is 32.3. The molecule has 1 fully saturated rings. The highest BCUT2D eigenvalue weighted by Crippen LogP contribution is 2.37. The molecule has 1 aromatic rings. The largest absolute Gasteiger partial charge is 0.247 e. The molecule has 3 atom stereocenters. The number of aryl methyl sites for hydroxylation is 1. The van der Waals surface area contributed by atoms with Crippen LogP contribution in [-0.4, -0.2) is 17.1 Å². The van der Waals surface area contributed by atoms with Gasteiger partial charge in [-0.15, -0.1) is 11.3 Å². The van der Waals surface area contributed by atoms with Crippen LogP contribution in [-0.2, 0) is 6.42 Å². The van der Waals surface area contributed by atoms with Gasteiger partial charge >= 0.3 is 0 Å². The summed E-state index contributed by atoms with van der Waals surface area (Å²) in [6.07, 6.45) is 7.95. The monoisotopic (exact) mass is 390 g/mol. The third-order valence-electron chi connectivity index (χ3n) is 4.58. The zero-order valence-electron chi connectivity index (χ0n) is 11.8. The molecule has 19 heavy (non-hydrogen) atoms. The number of thiophene rings is 1. The van der Waals surface area contributed by atoms with E-state index in [2.05, 4.69) is 52.9 Å². The van der Waals surface area contributed by atoms with Gasteiger partial charge in [-0.25, -0.2) is 10.4 Å². The van der Waals surface area contributed by atoms with Gasteiger partial charge in [0.2, 0.25) is 0 Å². The van der Waals surface area contributed by atoms with E-state index in [-0.39, 0.29) is 0 Å². The fourth-order valence-electron chi connectivity index (χ4n) is 3.51. The van der Waals surface area contributed by atoms with Gasteiger partial charge in [0.25, 0.3) is 0 Å². The molecule has 1 saturated heterocycles. The minimum Gasteiger partial charge on any atom is -0.247 e. The van der Waals surface area contributed by atoms with E-state index in [0.717, 1.165) is 0 Å². The molecule has 0 saturated carbocycles. The van der Waals surface area contributed by atoms with Crippen molar-refractivity contribution in [3.63, 3.8) is 0 Å².